The highest BCUT2D eigenvalue weighted by Gasteiger charge is 2.11. The first-order valence-corrected chi connectivity index (χ1v) is 6.92. The molecule has 106 valence electrons. The number of nitrogens with zero attached hydrogens (tertiary/aromatic N) is 1. The highest BCUT2D eigenvalue weighted by molar-refractivity contribution is 5.66. The minimum Gasteiger partial charge on any atom is -0.342 e. The Bertz CT molecular complexity index is 581. The van der Waals surface area contributed by atoms with E-state index in [1.165, 1.54) is 0 Å². The summed E-state index contributed by atoms with van der Waals surface area (Å²) in [5.74, 6) is -0.189. The minimum absolute atomic E-state index is 0.189. The lowest BCUT2D eigenvalue weighted by atomic mass is 10.1. The van der Waals surface area contributed by atoms with Crippen molar-refractivity contribution in [2.45, 2.75) is 20.4 Å². The van der Waals surface area contributed by atoms with E-state index in [4.69, 9.17) is 0 Å². The Morgan fingerprint density at radius 3 is 2.50 bits per heavy atom. The van der Waals surface area contributed by atoms with Crippen molar-refractivity contribution in [1.82, 2.24) is 5.32 Å². The van der Waals surface area contributed by atoms with Gasteiger partial charge in [-0.05, 0) is 42.8 Å². The zero-order chi connectivity index (χ0) is 14.5. The van der Waals surface area contributed by atoms with Gasteiger partial charge in [0.1, 0.15) is 5.82 Å². The van der Waals surface area contributed by atoms with Crippen LogP contribution in [0.1, 0.15) is 18.1 Å². The molecule has 0 aromatic heterocycles. The fourth-order valence-electron chi connectivity index (χ4n) is 2.27. The van der Waals surface area contributed by atoms with Gasteiger partial charge >= 0.3 is 0 Å². The van der Waals surface area contributed by atoms with Gasteiger partial charge in [0.2, 0.25) is 0 Å². The maximum Gasteiger partial charge on any atom is 0.147 e. The van der Waals surface area contributed by atoms with Crippen LogP contribution in [0.4, 0.5) is 15.8 Å². The molecule has 0 saturated heterocycles. The quantitative estimate of drug-likeness (QED) is 0.884. The highest BCUT2D eigenvalue weighted by Crippen LogP contribution is 2.29. The van der Waals surface area contributed by atoms with E-state index in [9.17, 15) is 4.39 Å². The molecule has 0 amide bonds. The lowest BCUT2D eigenvalue weighted by Gasteiger charge is -2.22. The molecule has 0 spiro atoms. The van der Waals surface area contributed by atoms with Gasteiger partial charge in [0, 0.05) is 19.3 Å². The Labute approximate surface area is 120 Å². The van der Waals surface area contributed by atoms with E-state index in [0.717, 1.165) is 23.4 Å². The molecule has 0 fully saturated rings. The molecule has 0 aliphatic heterocycles. The first-order chi connectivity index (χ1) is 9.63. The number of hydrogen-bond acceptors (Lipinski definition) is 2. The maximum absolute atomic E-state index is 14.3. The summed E-state index contributed by atoms with van der Waals surface area (Å²) in [6.07, 6.45) is 0. The van der Waals surface area contributed by atoms with Crippen LogP contribution in [-0.4, -0.2) is 13.6 Å². The number of anilines is 2. The highest BCUT2D eigenvalue weighted by atomic mass is 19.1. The van der Waals surface area contributed by atoms with Crippen molar-refractivity contribution in [3.05, 3.63) is 59.4 Å². The van der Waals surface area contributed by atoms with Crippen molar-refractivity contribution in [1.29, 1.82) is 0 Å². The smallest absolute Gasteiger partial charge is 0.147 e. The van der Waals surface area contributed by atoms with Crippen LogP contribution >= 0.6 is 0 Å². The van der Waals surface area contributed by atoms with Crippen LogP contribution in [0.25, 0.3) is 0 Å². The van der Waals surface area contributed by atoms with E-state index in [-0.39, 0.29) is 5.82 Å². The van der Waals surface area contributed by atoms with Gasteiger partial charge in [0.15, 0.2) is 0 Å². The minimum atomic E-state index is -0.189. The molecule has 0 bridgehead atoms. The first-order valence-electron chi connectivity index (χ1n) is 6.92. The lowest BCUT2D eigenvalue weighted by Crippen LogP contribution is -2.14. The van der Waals surface area contributed by atoms with Crippen LogP contribution < -0.4 is 10.2 Å². The molecule has 0 saturated carbocycles. The Balaban J connectivity index is 2.27. The molecule has 0 aliphatic carbocycles. The van der Waals surface area contributed by atoms with Gasteiger partial charge < -0.3 is 10.2 Å². The topological polar surface area (TPSA) is 15.3 Å². The summed E-state index contributed by atoms with van der Waals surface area (Å²) in [5, 5.41) is 3.20. The molecule has 2 rings (SSSR count). The molecule has 20 heavy (non-hydrogen) atoms. The molecule has 2 aromatic rings. The zero-order valence-electron chi connectivity index (χ0n) is 12.3. The third kappa shape index (κ3) is 3.17. The predicted molar refractivity (Wildman–Crippen MR) is 83.0 cm³/mol. The third-order valence-electron chi connectivity index (χ3n) is 3.43. The second-order valence-electron chi connectivity index (χ2n) is 4.91. The molecule has 0 atom stereocenters. The Kier molecular flexibility index (Phi) is 4.74. The molecule has 2 nitrogen and oxygen atoms in total. The number of hydrogen-bond donors (Lipinski definition) is 1. The Morgan fingerprint density at radius 2 is 1.85 bits per heavy atom. The number of para-hydroxylation sites is 1. The Morgan fingerprint density at radius 1 is 1.10 bits per heavy atom. The van der Waals surface area contributed by atoms with Gasteiger partial charge in [-0.15, -0.1) is 0 Å². The van der Waals surface area contributed by atoms with Crippen LogP contribution in [0.15, 0.2) is 42.5 Å². The molecular formula is C17H21FN2. The van der Waals surface area contributed by atoms with Crippen molar-refractivity contribution >= 4 is 11.4 Å². The van der Waals surface area contributed by atoms with E-state index >= 15 is 0 Å². The SMILES string of the molecule is CCNCc1ccc(N(C)c2ccccc2C)c(F)c1. The van der Waals surface area contributed by atoms with Gasteiger partial charge in [-0.2, -0.15) is 0 Å². The van der Waals surface area contributed by atoms with Crippen molar-refractivity contribution in [2.75, 3.05) is 18.5 Å². The van der Waals surface area contributed by atoms with Gasteiger partial charge in [0.05, 0.1) is 5.69 Å². The molecule has 3 heteroatoms. The van der Waals surface area contributed by atoms with Crippen molar-refractivity contribution < 1.29 is 4.39 Å². The number of benzene rings is 2. The molecule has 2 aromatic carbocycles. The van der Waals surface area contributed by atoms with Crippen LogP contribution in [0.5, 0.6) is 0 Å². The average Bonchev–Trinajstić information content (AvgIpc) is 2.45. The van der Waals surface area contributed by atoms with Crippen molar-refractivity contribution in [3.63, 3.8) is 0 Å². The summed E-state index contributed by atoms with van der Waals surface area (Å²) in [5.41, 5.74) is 3.71. The van der Waals surface area contributed by atoms with E-state index < -0.39 is 0 Å². The third-order valence-corrected chi connectivity index (χ3v) is 3.43. The standard InChI is InChI=1S/C17H21FN2/c1-4-19-12-14-9-10-17(15(18)11-14)20(3)16-8-6-5-7-13(16)2/h5-11,19H,4,12H2,1-3H3. The van der Waals surface area contributed by atoms with Gasteiger partial charge in [-0.25, -0.2) is 4.39 Å². The van der Waals surface area contributed by atoms with E-state index in [0.29, 0.717) is 12.2 Å². The van der Waals surface area contributed by atoms with E-state index in [1.54, 1.807) is 6.07 Å². The largest absolute Gasteiger partial charge is 0.342 e. The summed E-state index contributed by atoms with van der Waals surface area (Å²) in [4.78, 5) is 1.89. The summed E-state index contributed by atoms with van der Waals surface area (Å²) in [7, 11) is 1.89. The molecule has 0 heterocycles. The van der Waals surface area contributed by atoms with Crippen molar-refractivity contribution in [3.8, 4) is 0 Å². The second-order valence-corrected chi connectivity index (χ2v) is 4.91. The maximum atomic E-state index is 14.3. The van der Waals surface area contributed by atoms with Crippen LogP contribution in [0.2, 0.25) is 0 Å². The summed E-state index contributed by atoms with van der Waals surface area (Å²) >= 11 is 0. The predicted octanol–water partition coefficient (Wildman–Crippen LogP) is 4.01. The number of rotatable bonds is 5. The van der Waals surface area contributed by atoms with E-state index in [1.807, 2.05) is 62.2 Å². The van der Waals surface area contributed by atoms with Crippen LogP contribution in [0.3, 0.4) is 0 Å². The van der Waals surface area contributed by atoms with E-state index in [2.05, 4.69) is 5.32 Å². The van der Waals surface area contributed by atoms with Gasteiger partial charge in [-0.3, -0.25) is 0 Å². The monoisotopic (exact) mass is 272 g/mol. The number of nitrogens with one attached hydrogen (secondary N) is 1. The molecule has 0 radical (unpaired) electrons. The summed E-state index contributed by atoms with van der Waals surface area (Å²) < 4.78 is 14.3. The fraction of sp³-hybridized carbons (Fsp3) is 0.294. The lowest BCUT2D eigenvalue weighted by molar-refractivity contribution is 0.622. The summed E-state index contributed by atoms with van der Waals surface area (Å²) in [6.45, 7) is 5.65. The molecular weight excluding hydrogens is 251 g/mol. The fourth-order valence-corrected chi connectivity index (χ4v) is 2.27. The van der Waals surface area contributed by atoms with Gasteiger partial charge in [-0.1, -0.05) is 31.2 Å². The number of halogens is 1. The van der Waals surface area contributed by atoms with Gasteiger partial charge in [0.25, 0.3) is 0 Å². The summed E-state index contributed by atoms with van der Waals surface area (Å²) in [6, 6.07) is 13.4. The molecule has 0 unspecified atom stereocenters. The van der Waals surface area contributed by atoms with Crippen molar-refractivity contribution in [2.24, 2.45) is 0 Å². The molecule has 1 N–H and O–H groups in total. The zero-order valence-corrected chi connectivity index (χ0v) is 12.3. The van der Waals surface area contributed by atoms with Crippen LogP contribution in [-0.2, 0) is 6.54 Å². The Hall–Kier alpha value is -1.87. The second kappa shape index (κ2) is 6.53. The first kappa shape index (κ1) is 14.5. The normalized spacial score (nSPS) is 10.6. The van der Waals surface area contributed by atoms with Crippen LogP contribution in [0, 0.1) is 12.7 Å². The average molecular weight is 272 g/mol. The molecule has 0 aliphatic rings. The number of aryl methyl sites for hydroxylation is 1.